The number of nitrogens with one attached hydrogen (secondary N) is 1. The molecule has 0 amide bonds. The molecule has 2 unspecified atom stereocenters. The molecule has 1 rings (SSSR count). The number of benzene rings is 1. The maximum Gasteiger partial charge on any atom is 0.272 e. The van der Waals surface area contributed by atoms with Crippen molar-refractivity contribution >= 4 is 5.69 Å². The van der Waals surface area contributed by atoms with E-state index in [1.54, 1.807) is 14.0 Å². The second kappa shape index (κ2) is 6.44. The van der Waals surface area contributed by atoms with Gasteiger partial charge in [-0.3, -0.25) is 10.1 Å². The number of nitrogens with zero attached hydrogens (tertiary/aromatic N) is 1. The number of aryl methyl sites for hydroxylation is 1. The zero-order valence-electron chi connectivity index (χ0n) is 10.5. The molecule has 1 aromatic rings. The van der Waals surface area contributed by atoms with Gasteiger partial charge >= 0.3 is 0 Å². The Labute approximate surface area is 105 Å². The van der Waals surface area contributed by atoms with Crippen molar-refractivity contribution in [2.75, 3.05) is 13.6 Å². The van der Waals surface area contributed by atoms with E-state index in [0.29, 0.717) is 24.1 Å². The second-order valence-corrected chi connectivity index (χ2v) is 4.21. The first kappa shape index (κ1) is 14.6. The molecule has 100 valence electrons. The molecule has 0 heterocycles. The van der Waals surface area contributed by atoms with Crippen molar-refractivity contribution in [2.24, 2.45) is 0 Å². The van der Waals surface area contributed by atoms with Crippen LogP contribution >= 0.6 is 0 Å². The molecular weight excluding hydrogens is 236 g/mol. The Kier molecular flexibility index (Phi) is 5.21. The van der Waals surface area contributed by atoms with Crippen molar-refractivity contribution in [3.8, 4) is 0 Å². The summed E-state index contributed by atoms with van der Waals surface area (Å²) in [5, 5.41) is 33.2. The standard InChI is InChI=1S/C12H18N2O4/c1-8-7-9(3-4-10(8)14(17)18)12(16)11(15)5-6-13-2/h3-4,7,11-13,15-16H,5-6H2,1-2H3. The number of hydrogen-bond acceptors (Lipinski definition) is 5. The van der Waals surface area contributed by atoms with Crippen LogP contribution in [0.25, 0.3) is 0 Å². The van der Waals surface area contributed by atoms with Crippen LogP contribution < -0.4 is 5.32 Å². The van der Waals surface area contributed by atoms with Crippen molar-refractivity contribution in [2.45, 2.75) is 25.6 Å². The zero-order chi connectivity index (χ0) is 13.7. The van der Waals surface area contributed by atoms with Crippen molar-refractivity contribution in [1.82, 2.24) is 5.32 Å². The Bertz CT molecular complexity index is 423. The molecule has 6 heteroatoms. The molecule has 0 aliphatic rings. The summed E-state index contributed by atoms with van der Waals surface area (Å²) >= 11 is 0. The summed E-state index contributed by atoms with van der Waals surface area (Å²) in [7, 11) is 1.76. The van der Waals surface area contributed by atoms with E-state index in [1.165, 1.54) is 18.2 Å². The highest BCUT2D eigenvalue weighted by molar-refractivity contribution is 5.42. The van der Waals surface area contributed by atoms with Crippen LogP contribution in [0.4, 0.5) is 5.69 Å². The summed E-state index contributed by atoms with van der Waals surface area (Å²) in [5.41, 5.74) is 0.967. The average Bonchev–Trinajstić information content (AvgIpc) is 2.34. The molecule has 6 nitrogen and oxygen atoms in total. The number of nitro groups is 1. The van der Waals surface area contributed by atoms with Crippen LogP contribution in [-0.4, -0.2) is 34.8 Å². The lowest BCUT2D eigenvalue weighted by Crippen LogP contribution is -2.23. The molecule has 0 aromatic heterocycles. The number of hydrogen-bond donors (Lipinski definition) is 3. The van der Waals surface area contributed by atoms with Gasteiger partial charge in [0.05, 0.1) is 11.0 Å². The van der Waals surface area contributed by atoms with Gasteiger partial charge in [-0.15, -0.1) is 0 Å². The largest absolute Gasteiger partial charge is 0.390 e. The fourth-order valence-corrected chi connectivity index (χ4v) is 1.74. The van der Waals surface area contributed by atoms with E-state index in [-0.39, 0.29) is 5.69 Å². The first-order valence-electron chi connectivity index (χ1n) is 5.73. The van der Waals surface area contributed by atoms with Crippen LogP contribution in [0.1, 0.15) is 23.7 Å². The van der Waals surface area contributed by atoms with Crippen molar-refractivity contribution in [3.05, 3.63) is 39.4 Å². The van der Waals surface area contributed by atoms with Crippen LogP contribution in [0.2, 0.25) is 0 Å². The predicted molar refractivity (Wildman–Crippen MR) is 67.3 cm³/mol. The minimum Gasteiger partial charge on any atom is -0.390 e. The Morgan fingerprint density at radius 3 is 2.61 bits per heavy atom. The quantitative estimate of drug-likeness (QED) is 0.518. The molecule has 0 bridgehead atoms. The fraction of sp³-hybridized carbons (Fsp3) is 0.500. The fourth-order valence-electron chi connectivity index (χ4n) is 1.74. The Balaban J connectivity index is 2.83. The highest BCUT2D eigenvalue weighted by Crippen LogP contribution is 2.25. The molecule has 18 heavy (non-hydrogen) atoms. The maximum absolute atomic E-state index is 10.7. The third-order valence-corrected chi connectivity index (χ3v) is 2.81. The summed E-state index contributed by atoms with van der Waals surface area (Å²) in [5.74, 6) is 0. The van der Waals surface area contributed by atoms with E-state index in [0.717, 1.165) is 0 Å². The summed E-state index contributed by atoms with van der Waals surface area (Å²) in [4.78, 5) is 10.2. The predicted octanol–water partition coefficient (Wildman–Crippen LogP) is 0.907. The normalized spacial score (nSPS) is 14.2. The SMILES string of the molecule is CNCCC(O)C(O)c1ccc([N+](=O)[O-])c(C)c1. The topological polar surface area (TPSA) is 95.6 Å². The van der Waals surface area contributed by atoms with Gasteiger partial charge in [-0.25, -0.2) is 0 Å². The van der Waals surface area contributed by atoms with E-state index in [2.05, 4.69) is 5.32 Å². The van der Waals surface area contributed by atoms with Gasteiger partial charge in [-0.1, -0.05) is 0 Å². The number of aliphatic hydroxyl groups excluding tert-OH is 2. The molecule has 0 aliphatic carbocycles. The van der Waals surface area contributed by atoms with Crippen molar-refractivity contribution in [1.29, 1.82) is 0 Å². The van der Waals surface area contributed by atoms with Crippen LogP contribution in [-0.2, 0) is 0 Å². The summed E-state index contributed by atoms with van der Waals surface area (Å²) in [6, 6.07) is 4.35. The Hall–Kier alpha value is -1.50. The minimum atomic E-state index is -1.03. The molecule has 0 saturated heterocycles. The summed E-state index contributed by atoms with van der Waals surface area (Å²) < 4.78 is 0. The molecule has 2 atom stereocenters. The Morgan fingerprint density at radius 2 is 2.11 bits per heavy atom. The first-order valence-corrected chi connectivity index (χ1v) is 5.73. The number of rotatable bonds is 6. The van der Waals surface area contributed by atoms with E-state index in [1.807, 2.05) is 0 Å². The van der Waals surface area contributed by atoms with Crippen LogP contribution in [0.15, 0.2) is 18.2 Å². The van der Waals surface area contributed by atoms with Crippen LogP contribution in [0.5, 0.6) is 0 Å². The van der Waals surface area contributed by atoms with Gasteiger partial charge in [0.15, 0.2) is 0 Å². The van der Waals surface area contributed by atoms with Crippen LogP contribution in [0, 0.1) is 17.0 Å². The first-order chi connectivity index (χ1) is 8.47. The van der Waals surface area contributed by atoms with E-state index < -0.39 is 17.1 Å². The molecule has 1 aromatic carbocycles. The van der Waals surface area contributed by atoms with Gasteiger partial charge < -0.3 is 15.5 Å². The lowest BCUT2D eigenvalue weighted by molar-refractivity contribution is -0.385. The molecule has 0 radical (unpaired) electrons. The van der Waals surface area contributed by atoms with Gasteiger partial charge in [0.1, 0.15) is 6.10 Å². The molecule has 0 aliphatic heterocycles. The van der Waals surface area contributed by atoms with E-state index in [4.69, 9.17) is 0 Å². The number of nitro benzene ring substituents is 1. The van der Waals surface area contributed by atoms with Crippen molar-refractivity contribution < 1.29 is 15.1 Å². The average molecular weight is 254 g/mol. The maximum atomic E-state index is 10.7. The van der Waals surface area contributed by atoms with E-state index >= 15 is 0 Å². The van der Waals surface area contributed by atoms with Gasteiger partial charge in [-0.2, -0.15) is 0 Å². The van der Waals surface area contributed by atoms with Gasteiger partial charge in [0.2, 0.25) is 0 Å². The van der Waals surface area contributed by atoms with Crippen LogP contribution in [0.3, 0.4) is 0 Å². The van der Waals surface area contributed by atoms with Gasteiger partial charge in [-0.05, 0) is 44.6 Å². The monoisotopic (exact) mass is 254 g/mol. The Morgan fingerprint density at radius 1 is 1.44 bits per heavy atom. The second-order valence-electron chi connectivity index (χ2n) is 4.21. The molecule has 0 saturated carbocycles. The molecule has 3 N–H and O–H groups in total. The molecule has 0 spiro atoms. The third kappa shape index (κ3) is 3.49. The van der Waals surface area contributed by atoms with Gasteiger partial charge in [0, 0.05) is 11.6 Å². The summed E-state index contributed by atoms with van der Waals surface area (Å²) in [6.45, 7) is 2.19. The van der Waals surface area contributed by atoms with E-state index in [9.17, 15) is 20.3 Å². The molecular formula is C12H18N2O4. The summed E-state index contributed by atoms with van der Waals surface area (Å²) in [6.07, 6.45) is -1.51. The molecule has 0 fully saturated rings. The lowest BCUT2D eigenvalue weighted by Gasteiger charge is -2.18. The lowest BCUT2D eigenvalue weighted by atomic mass is 9.99. The van der Waals surface area contributed by atoms with Gasteiger partial charge in [0.25, 0.3) is 5.69 Å². The highest BCUT2D eigenvalue weighted by atomic mass is 16.6. The minimum absolute atomic E-state index is 0.00987. The highest BCUT2D eigenvalue weighted by Gasteiger charge is 2.20. The zero-order valence-corrected chi connectivity index (χ0v) is 10.5. The third-order valence-electron chi connectivity index (χ3n) is 2.81. The smallest absolute Gasteiger partial charge is 0.272 e. The number of aliphatic hydroxyl groups is 2. The van der Waals surface area contributed by atoms with Crippen molar-refractivity contribution in [3.63, 3.8) is 0 Å².